The molecule has 3 heteroatoms. The SMILES string of the molecule is CCn1c(CNC2CCCC2)cc2cc(O)ccc21. The third kappa shape index (κ3) is 2.47. The fraction of sp³-hybridized carbons (Fsp3) is 0.500. The molecule has 1 aliphatic carbocycles. The Morgan fingerprint density at radius 3 is 2.79 bits per heavy atom. The van der Waals surface area contributed by atoms with Crippen LogP contribution < -0.4 is 5.32 Å². The number of hydrogen-bond donors (Lipinski definition) is 2. The molecule has 3 nitrogen and oxygen atoms in total. The Kier molecular flexibility index (Phi) is 3.47. The number of rotatable bonds is 4. The number of fused-ring (bicyclic) bond motifs is 1. The van der Waals surface area contributed by atoms with Gasteiger partial charge in [0.2, 0.25) is 0 Å². The lowest BCUT2D eigenvalue weighted by Gasteiger charge is -2.13. The molecule has 0 unspecified atom stereocenters. The molecular weight excluding hydrogens is 236 g/mol. The maximum Gasteiger partial charge on any atom is 0.116 e. The van der Waals surface area contributed by atoms with Gasteiger partial charge < -0.3 is 15.0 Å². The quantitative estimate of drug-likeness (QED) is 0.882. The van der Waals surface area contributed by atoms with Crippen molar-refractivity contribution < 1.29 is 5.11 Å². The lowest BCUT2D eigenvalue weighted by molar-refractivity contribution is 0.476. The molecule has 102 valence electrons. The van der Waals surface area contributed by atoms with Crippen LogP contribution in [-0.4, -0.2) is 15.7 Å². The minimum Gasteiger partial charge on any atom is -0.508 e. The van der Waals surface area contributed by atoms with E-state index in [1.165, 1.54) is 36.9 Å². The number of aryl methyl sites for hydroxylation is 1. The molecule has 1 saturated carbocycles. The Morgan fingerprint density at radius 2 is 2.05 bits per heavy atom. The highest BCUT2D eigenvalue weighted by Crippen LogP contribution is 2.25. The summed E-state index contributed by atoms with van der Waals surface area (Å²) >= 11 is 0. The van der Waals surface area contributed by atoms with E-state index in [1.807, 2.05) is 12.1 Å². The van der Waals surface area contributed by atoms with E-state index < -0.39 is 0 Å². The average molecular weight is 258 g/mol. The van der Waals surface area contributed by atoms with E-state index in [9.17, 15) is 5.11 Å². The van der Waals surface area contributed by atoms with Gasteiger partial charge in [-0.3, -0.25) is 0 Å². The molecule has 19 heavy (non-hydrogen) atoms. The summed E-state index contributed by atoms with van der Waals surface area (Å²) in [5.74, 6) is 0.344. The minimum absolute atomic E-state index is 0.344. The number of hydrogen-bond acceptors (Lipinski definition) is 2. The van der Waals surface area contributed by atoms with E-state index in [-0.39, 0.29) is 0 Å². The fourth-order valence-electron chi connectivity index (χ4n) is 3.21. The van der Waals surface area contributed by atoms with Crippen molar-refractivity contribution in [1.82, 2.24) is 9.88 Å². The molecule has 2 N–H and O–H groups in total. The molecule has 0 saturated heterocycles. The van der Waals surface area contributed by atoms with E-state index in [0.717, 1.165) is 18.5 Å². The van der Waals surface area contributed by atoms with Gasteiger partial charge in [-0.05, 0) is 44.0 Å². The molecule has 0 bridgehead atoms. The maximum atomic E-state index is 9.58. The van der Waals surface area contributed by atoms with Crippen LogP contribution in [0.25, 0.3) is 10.9 Å². The molecule has 0 aliphatic heterocycles. The first kappa shape index (κ1) is 12.5. The molecule has 1 aromatic heterocycles. The molecule has 0 radical (unpaired) electrons. The van der Waals surface area contributed by atoms with E-state index >= 15 is 0 Å². The summed E-state index contributed by atoms with van der Waals surface area (Å²) in [6.07, 6.45) is 5.35. The van der Waals surface area contributed by atoms with E-state index in [4.69, 9.17) is 0 Å². The molecule has 0 spiro atoms. The zero-order chi connectivity index (χ0) is 13.2. The minimum atomic E-state index is 0.344. The second-order valence-corrected chi connectivity index (χ2v) is 5.49. The molecule has 1 heterocycles. The first-order valence-electron chi connectivity index (χ1n) is 7.32. The van der Waals surface area contributed by atoms with Gasteiger partial charge in [-0.15, -0.1) is 0 Å². The number of phenolic OH excluding ortho intramolecular Hbond substituents is 1. The second-order valence-electron chi connectivity index (χ2n) is 5.49. The average Bonchev–Trinajstić information content (AvgIpc) is 3.02. The topological polar surface area (TPSA) is 37.2 Å². The van der Waals surface area contributed by atoms with Gasteiger partial charge in [-0.2, -0.15) is 0 Å². The van der Waals surface area contributed by atoms with Gasteiger partial charge in [0.1, 0.15) is 5.75 Å². The molecule has 1 fully saturated rings. The van der Waals surface area contributed by atoms with Crippen LogP contribution in [0.2, 0.25) is 0 Å². The van der Waals surface area contributed by atoms with Crippen LogP contribution in [0.3, 0.4) is 0 Å². The van der Waals surface area contributed by atoms with Crippen molar-refractivity contribution in [2.24, 2.45) is 0 Å². The van der Waals surface area contributed by atoms with Crippen LogP contribution >= 0.6 is 0 Å². The maximum absolute atomic E-state index is 9.58. The number of nitrogens with zero attached hydrogens (tertiary/aromatic N) is 1. The Labute approximate surface area is 114 Å². The zero-order valence-electron chi connectivity index (χ0n) is 11.5. The van der Waals surface area contributed by atoms with Gasteiger partial charge in [0.25, 0.3) is 0 Å². The van der Waals surface area contributed by atoms with Crippen molar-refractivity contribution in [2.45, 2.75) is 51.7 Å². The van der Waals surface area contributed by atoms with Gasteiger partial charge in [-0.25, -0.2) is 0 Å². The van der Waals surface area contributed by atoms with E-state index in [0.29, 0.717) is 11.8 Å². The summed E-state index contributed by atoms with van der Waals surface area (Å²) in [7, 11) is 0. The second kappa shape index (κ2) is 5.25. The van der Waals surface area contributed by atoms with Crippen molar-refractivity contribution in [3.05, 3.63) is 30.0 Å². The number of nitrogens with one attached hydrogen (secondary N) is 1. The Bertz CT molecular complexity index is 567. The van der Waals surface area contributed by atoms with Crippen LogP contribution in [-0.2, 0) is 13.1 Å². The summed E-state index contributed by atoms with van der Waals surface area (Å²) in [6, 6.07) is 8.51. The first-order valence-corrected chi connectivity index (χ1v) is 7.32. The standard InChI is InChI=1S/C16H22N2O/c1-2-18-14(11-17-13-5-3-4-6-13)9-12-10-15(19)7-8-16(12)18/h7-10,13,17,19H,2-6,11H2,1H3. The van der Waals surface area contributed by atoms with Gasteiger partial charge in [0.05, 0.1) is 0 Å². The third-order valence-electron chi connectivity index (χ3n) is 4.21. The van der Waals surface area contributed by atoms with E-state index in [1.54, 1.807) is 6.07 Å². The molecule has 0 amide bonds. The fourth-order valence-corrected chi connectivity index (χ4v) is 3.21. The summed E-state index contributed by atoms with van der Waals surface area (Å²) in [5.41, 5.74) is 2.53. The third-order valence-corrected chi connectivity index (χ3v) is 4.21. The zero-order valence-corrected chi connectivity index (χ0v) is 11.5. The molecule has 2 aromatic rings. The van der Waals surface area contributed by atoms with Gasteiger partial charge in [0, 0.05) is 35.7 Å². The van der Waals surface area contributed by atoms with Gasteiger partial charge in [-0.1, -0.05) is 12.8 Å². The van der Waals surface area contributed by atoms with Crippen LogP contribution in [0.5, 0.6) is 5.75 Å². The monoisotopic (exact) mass is 258 g/mol. The molecule has 1 aliphatic rings. The van der Waals surface area contributed by atoms with Crippen LogP contribution in [0, 0.1) is 0 Å². The van der Waals surface area contributed by atoms with Crippen molar-refractivity contribution in [3.8, 4) is 5.75 Å². The first-order chi connectivity index (χ1) is 9.28. The summed E-state index contributed by atoms with van der Waals surface area (Å²) in [5, 5.41) is 14.4. The van der Waals surface area contributed by atoms with Crippen LogP contribution in [0.4, 0.5) is 0 Å². The Morgan fingerprint density at radius 1 is 1.26 bits per heavy atom. The molecule has 3 rings (SSSR count). The van der Waals surface area contributed by atoms with Crippen molar-refractivity contribution >= 4 is 10.9 Å². The largest absolute Gasteiger partial charge is 0.508 e. The summed E-state index contributed by atoms with van der Waals surface area (Å²) in [4.78, 5) is 0. The van der Waals surface area contributed by atoms with Crippen molar-refractivity contribution in [2.75, 3.05) is 0 Å². The lowest BCUT2D eigenvalue weighted by atomic mass is 10.2. The molecule has 0 atom stereocenters. The highest BCUT2D eigenvalue weighted by Gasteiger charge is 2.15. The predicted molar refractivity (Wildman–Crippen MR) is 78.4 cm³/mol. The number of aromatic hydroxyl groups is 1. The number of benzene rings is 1. The Balaban J connectivity index is 1.84. The van der Waals surface area contributed by atoms with E-state index in [2.05, 4.69) is 22.9 Å². The number of phenols is 1. The summed E-state index contributed by atoms with van der Waals surface area (Å²) in [6.45, 7) is 4.06. The van der Waals surface area contributed by atoms with Crippen LogP contribution in [0.15, 0.2) is 24.3 Å². The van der Waals surface area contributed by atoms with Crippen molar-refractivity contribution in [1.29, 1.82) is 0 Å². The van der Waals surface area contributed by atoms with Crippen LogP contribution in [0.1, 0.15) is 38.3 Å². The Hall–Kier alpha value is -1.48. The molecule has 1 aromatic carbocycles. The highest BCUT2D eigenvalue weighted by molar-refractivity contribution is 5.82. The van der Waals surface area contributed by atoms with Gasteiger partial charge >= 0.3 is 0 Å². The van der Waals surface area contributed by atoms with Crippen molar-refractivity contribution in [3.63, 3.8) is 0 Å². The smallest absolute Gasteiger partial charge is 0.116 e. The molecular formula is C16H22N2O. The predicted octanol–water partition coefficient (Wildman–Crippen LogP) is 3.40. The summed E-state index contributed by atoms with van der Waals surface area (Å²) < 4.78 is 2.33. The highest BCUT2D eigenvalue weighted by atomic mass is 16.3. The number of aromatic nitrogens is 1. The lowest BCUT2D eigenvalue weighted by Crippen LogP contribution is -2.26. The van der Waals surface area contributed by atoms with Gasteiger partial charge in [0.15, 0.2) is 0 Å². The normalized spacial score (nSPS) is 16.5.